The van der Waals surface area contributed by atoms with E-state index in [4.69, 9.17) is 5.73 Å². The van der Waals surface area contributed by atoms with E-state index >= 15 is 0 Å². The van der Waals surface area contributed by atoms with Gasteiger partial charge in [-0.2, -0.15) is 13.2 Å². The van der Waals surface area contributed by atoms with E-state index in [0.717, 1.165) is 12.1 Å². The van der Waals surface area contributed by atoms with Gasteiger partial charge in [0.2, 0.25) is 0 Å². The Kier molecular flexibility index (Phi) is 2.36. The highest BCUT2D eigenvalue weighted by atomic mass is 19.4. The molecule has 0 spiro atoms. The number of benzene rings is 1. The number of nitrogens with one attached hydrogen (secondary N) is 1. The Bertz CT molecular complexity index is 309. The third-order valence-electron chi connectivity index (χ3n) is 1.47. The zero-order valence-electron chi connectivity index (χ0n) is 6.77. The molecule has 1 N–H and O–H groups in total. The van der Waals surface area contributed by atoms with Crippen molar-refractivity contribution in [1.29, 1.82) is 0 Å². The van der Waals surface area contributed by atoms with Gasteiger partial charge in [0.05, 0.1) is 12.7 Å². The minimum absolute atomic E-state index is 0.0415. The Labute approximate surface area is 73.1 Å². The predicted molar refractivity (Wildman–Crippen MR) is 42.0 cm³/mol. The van der Waals surface area contributed by atoms with Crippen LogP contribution in [0.5, 0.6) is 5.75 Å². The fourth-order valence-corrected chi connectivity index (χ4v) is 0.881. The van der Waals surface area contributed by atoms with E-state index in [1.165, 1.54) is 13.2 Å². The fraction of sp³-hybridized carbons (Fsp3) is 0.250. The highest BCUT2D eigenvalue weighted by Crippen LogP contribution is 2.34. The third kappa shape index (κ3) is 2.27. The van der Waals surface area contributed by atoms with E-state index in [1.807, 2.05) is 0 Å². The number of alkyl halides is 3. The lowest BCUT2D eigenvalue weighted by Crippen LogP contribution is -2.04. The first-order valence-electron chi connectivity index (χ1n) is 3.41. The molecule has 0 radical (unpaired) electrons. The summed E-state index contributed by atoms with van der Waals surface area (Å²) in [4.78, 5) is 0. The van der Waals surface area contributed by atoms with Gasteiger partial charge in [-0.25, -0.2) is 0 Å². The SMILES string of the molecule is COc1cc([NH-])cc(C(F)(F)F)c1. The van der Waals surface area contributed by atoms with Gasteiger partial charge in [-0.05, 0) is 12.1 Å². The Morgan fingerprint density at radius 3 is 2.31 bits per heavy atom. The molecule has 0 heterocycles. The summed E-state index contributed by atoms with van der Waals surface area (Å²) in [6.07, 6.45) is -4.43. The number of methoxy groups -OCH3 is 1. The Hall–Kier alpha value is -1.39. The molecule has 0 aliphatic carbocycles. The summed E-state index contributed by atoms with van der Waals surface area (Å²) in [6, 6.07) is 2.83. The van der Waals surface area contributed by atoms with Crippen LogP contribution in [-0.2, 0) is 6.18 Å². The van der Waals surface area contributed by atoms with Crippen molar-refractivity contribution in [3.05, 3.63) is 29.5 Å². The van der Waals surface area contributed by atoms with Gasteiger partial charge < -0.3 is 10.5 Å². The molecule has 0 fully saturated rings. The van der Waals surface area contributed by atoms with Crippen molar-refractivity contribution in [3.8, 4) is 5.75 Å². The van der Waals surface area contributed by atoms with Crippen LogP contribution in [0.25, 0.3) is 5.73 Å². The Morgan fingerprint density at radius 2 is 1.85 bits per heavy atom. The van der Waals surface area contributed by atoms with Crippen molar-refractivity contribution in [1.82, 2.24) is 0 Å². The second-order valence-electron chi connectivity index (χ2n) is 2.45. The number of hydrogen-bond donors (Lipinski definition) is 0. The van der Waals surface area contributed by atoms with Gasteiger partial charge in [-0.3, -0.25) is 0 Å². The van der Waals surface area contributed by atoms with Gasteiger partial charge in [0.25, 0.3) is 0 Å². The summed E-state index contributed by atoms with van der Waals surface area (Å²) in [5, 5.41) is 0. The molecule has 0 saturated carbocycles. The zero-order valence-corrected chi connectivity index (χ0v) is 6.77. The van der Waals surface area contributed by atoms with Crippen molar-refractivity contribution in [2.75, 3.05) is 7.11 Å². The fourth-order valence-electron chi connectivity index (χ4n) is 0.881. The minimum atomic E-state index is -4.43. The molecule has 0 aliphatic rings. The monoisotopic (exact) mass is 190 g/mol. The smallest absolute Gasteiger partial charge is 0.416 e. The lowest BCUT2D eigenvalue weighted by Gasteiger charge is -2.12. The second-order valence-corrected chi connectivity index (χ2v) is 2.45. The van der Waals surface area contributed by atoms with Crippen molar-refractivity contribution in [2.24, 2.45) is 0 Å². The minimum Gasteiger partial charge on any atom is -0.699 e. The average Bonchev–Trinajstić information content (AvgIpc) is 2.01. The van der Waals surface area contributed by atoms with E-state index in [1.54, 1.807) is 0 Å². The number of halogens is 3. The summed E-state index contributed by atoms with van der Waals surface area (Å²) in [7, 11) is 1.26. The van der Waals surface area contributed by atoms with Gasteiger partial charge in [0, 0.05) is 0 Å². The highest BCUT2D eigenvalue weighted by molar-refractivity contribution is 5.51. The molecule has 1 aromatic carbocycles. The Morgan fingerprint density at radius 1 is 1.23 bits per heavy atom. The van der Waals surface area contributed by atoms with Crippen molar-refractivity contribution in [3.63, 3.8) is 0 Å². The van der Waals surface area contributed by atoms with Crippen molar-refractivity contribution < 1.29 is 17.9 Å². The number of hydrogen-bond acceptors (Lipinski definition) is 1. The first-order valence-corrected chi connectivity index (χ1v) is 3.41. The number of rotatable bonds is 1. The standard InChI is InChI=1S/C8H7F3NO/c1-13-7-3-5(8(9,10)11)2-6(12)4-7/h2-4,12H,1H3/q-1. The van der Waals surface area contributed by atoms with Gasteiger partial charge in [0.15, 0.2) is 0 Å². The molecule has 0 saturated heterocycles. The molecular weight excluding hydrogens is 183 g/mol. The van der Waals surface area contributed by atoms with Crippen LogP contribution in [0.1, 0.15) is 5.56 Å². The van der Waals surface area contributed by atoms with E-state index in [-0.39, 0.29) is 11.4 Å². The Balaban J connectivity index is 3.16. The molecule has 0 unspecified atom stereocenters. The predicted octanol–water partition coefficient (Wildman–Crippen LogP) is 3.40. The summed E-state index contributed by atoms with van der Waals surface area (Å²) in [5.74, 6) is 0.0415. The molecule has 0 aliphatic heterocycles. The zero-order chi connectivity index (χ0) is 10.1. The molecule has 0 atom stereocenters. The normalized spacial score (nSPS) is 11.4. The van der Waals surface area contributed by atoms with Gasteiger partial charge in [0.1, 0.15) is 5.75 Å². The van der Waals surface area contributed by atoms with E-state index in [2.05, 4.69) is 4.74 Å². The van der Waals surface area contributed by atoms with Crippen LogP contribution in [0.4, 0.5) is 18.9 Å². The molecular formula is C8H7F3NO-. The van der Waals surface area contributed by atoms with Crippen LogP contribution in [0.2, 0.25) is 0 Å². The van der Waals surface area contributed by atoms with Gasteiger partial charge >= 0.3 is 6.18 Å². The van der Waals surface area contributed by atoms with Crippen LogP contribution in [0.3, 0.4) is 0 Å². The summed E-state index contributed by atoms with van der Waals surface area (Å²) >= 11 is 0. The van der Waals surface area contributed by atoms with Crippen LogP contribution in [0.15, 0.2) is 18.2 Å². The van der Waals surface area contributed by atoms with Crippen LogP contribution in [0, 0.1) is 0 Å². The highest BCUT2D eigenvalue weighted by Gasteiger charge is 2.30. The topological polar surface area (TPSA) is 33.0 Å². The van der Waals surface area contributed by atoms with Crippen LogP contribution in [-0.4, -0.2) is 7.11 Å². The summed E-state index contributed by atoms with van der Waals surface area (Å²) < 4.78 is 41.0. The maximum atomic E-state index is 12.1. The number of ether oxygens (including phenoxy) is 1. The third-order valence-corrected chi connectivity index (χ3v) is 1.47. The molecule has 13 heavy (non-hydrogen) atoms. The maximum absolute atomic E-state index is 12.1. The van der Waals surface area contributed by atoms with E-state index in [9.17, 15) is 13.2 Å². The average molecular weight is 190 g/mol. The molecule has 0 bridgehead atoms. The van der Waals surface area contributed by atoms with Crippen molar-refractivity contribution >= 4 is 5.69 Å². The molecule has 0 aromatic heterocycles. The maximum Gasteiger partial charge on any atom is 0.416 e. The van der Waals surface area contributed by atoms with Crippen LogP contribution >= 0.6 is 0 Å². The molecule has 1 rings (SSSR count). The molecule has 5 heteroatoms. The molecule has 2 nitrogen and oxygen atoms in total. The largest absolute Gasteiger partial charge is 0.699 e. The van der Waals surface area contributed by atoms with E-state index < -0.39 is 11.7 Å². The molecule has 0 amide bonds. The van der Waals surface area contributed by atoms with E-state index in [0.29, 0.717) is 0 Å². The first kappa shape index (κ1) is 9.70. The van der Waals surface area contributed by atoms with Crippen molar-refractivity contribution in [2.45, 2.75) is 6.18 Å². The summed E-state index contributed by atoms with van der Waals surface area (Å²) in [5.41, 5.74) is 6.00. The van der Waals surface area contributed by atoms with Crippen LogP contribution < -0.4 is 4.74 Å². The lowest BCUT2D eigenvalue weighted by molar-refractivity contribution is -0.137. The lowest BCUT2D eigenvalue weighted by atomic mass is 10.2. The first-order chi connectivity index (χ1) is 5.93. The molecule has 72 valence electrons. The summed E-state index contributed by atoms with van der Waals surface area (Å²) in [6.45, 7) is 0. The quantitative estimate of drug-likeness (QED) is 0.667. The van der Waals surface area contributed by atoms with Gasteiger partial charge in [-0.15, -0.1) is 5.69 Å². The van der Waals surface area contributed by atoms with Gasteiger partial charge in [-0.1, -0.05) is 6.07 Å². The second kappa shape index (κ2) is 3.16. The molecule has 1 aromatic rings.